The highest BCUT2D eigenvalue weighted by Crippen LogP contribution is 2.15. The summed E-state index contributed by atoms with van der Waals surface area (Å²) < 4.78 is 16.9. The molecule has 1 atom stereocenters. The van der Waals surface area contributed by atoms with Crippen LogP contribution in [0.5, 0.6) is 0 Å². The standard InChI is InChI=1S/C75H122O6/c1-4-7-10-13-16-19-22-25-28-30-32-34-35-36-37-38-39-41-42-44-47-50-53-56-59-62-65-68-74(77)80-71-72(70-79-73(76)67-64-61-58-55-52-49-46-27-24-21-18-15-12-9-6-3)81-75(78)69-66-63-60-57-54-51-48-45-43-40-33-31-29-26-23-20-17-14-11-8-5-2/h8-9,11-12,17-18,20-22,25-27,29-30,32-33,35-36,40,45-46,48,54,57,72H,4-7,10,13-16,19,23-24,28,31,34,37-39,41-44,47,49-53,55-56,58-71H2,1-3H3/b11-8-,12-9-,20-17-,21-18-,25-22-,29-26-,32-30-,36-35-,40-33-,46-27-,48-45-,57-54-. The average Bonchev–Trinajstić information content (AvgIpc) is 3.47. The second kappa shape index (κ2) is 67.8. The molecular formula is C75H122O6. The van der Waals surface area contributed by atoms with E-state index < -0.39 is 6.10 Å². The van der Waals surface area contributed by atoms with Crippen LogP contribution in [0.15, 0.2) is 146 Å². The molecule has 81 heavy (non-hydrogen) atoms. The van der Waals surface area contributed by atoms with Crippen molar-refractivity contribution < 1.29 is 28.6 Å². The fourth-order valence-electron chi connectivity index (χ4n) is 8.88. The Hall–Kier alpha value is -4.71. The van der Waals surface area contributed by atoms with Crippen molar-refractivity contribution in [2.45, 2.75) is 297 Å². The molecule has 0 bridgehead atoms. The van der Waals surface area contributed by atoms with Crippen molar-refractivity contribution in [3.63, 3.8) is 0 Å². The van der Waals surface area contributed by atoms with Gasteiger partial charge in [-0.1, -0.05) is 276 Å². The van der Waals surface area contributed by atoms with Gasteiger partial charge in [0.2, 0.25) is 0 Å². The van der Waals surface area contributed by atoms with Gasteiger partial charge in [-0.15, -0.1) is 0 Å². The Morgan fingerprint density at radius 2 is 0.481 bits per heavy atom. The number of hydrogen-bond acceptors (Lipinski definition) is 6. The monoisotopic (exact) mass is 1120 g/mol. The van der Waals surface area contributed by atoms with Crippen LogP contribution in [0.25, 0.3) is 0 Å². The molecule has 0 radical (unpaired) electrons. The van der Waals surface area contributed by atoms with E-state index in [0.717, 1.165) is 141 Å². The minimum atomic E-state index is -0.817. The fraction of sp³-hybridized carbons (Fsp3) is 0.640. The van der Waals surface area contributed by atoms with Gasteiger partial charge in [0.1, 0.15) is 13.2 Å². The first kappa shape index (κ1) is 76.3. The Kier molecular flexibility index (Phi) is 63.9. The van der Waals surface area contributed by atoms with E-state index in [2.05, 4.69) is 167 Å². The van der Waals surface area contributed by atoms with E-state index in [1.54, 1.807) is 0 Å². The second-order valence-corrected chi connectivity index (χ2v) is 21.6. The van der Waals surface area contributed by atoms with Crippen LogP contribution in [0.4, 0.5) is 0 Å². The summed E-state index contributed by atoms with van der Waals surface area (Å²) in [6.45, 7) is 6.36. The van der Waals surface area contributed by atoms with Gasteiger partial charge in [-0.25, -0.2) is 0 Å². The lowest BCUT2D eigenvalue weighted by Crippen LogP contribution is -2.30. The van der Waals surface area contributed by atoms with Gasteiger partial charge in [-0.2, -0.15) is 0 Å². The Bertz CT molecular complexity index is 1760. The topological polar surface area (TPSA) is 78.9 Å². The normalized spacial score (nSPS) is 13.1. The first-order chi connectivity index (χ1) is 40.0. The summed E-state index contributed by atoms with van der Waals surface area (Å²) in [5, 5.41) is 0. The van der Waals surface area contributed by atoms with E-state index in [1.807, 2.05) is 0 Å². The van der Waals surface area contributed by atoms with Gasteiger partial charge < -0.3 is 14.2 Å². The van der Waals surface area contributed by atoms with E-state index in [9.17, 15) is 14.4 Å². The first-order valence-electron chi connectivity index (χ1n) is 33.3. The number of unbranched alkanes of at least 4 members (excludes halogenated alkanes) is 24. The molecule has 0 aromatic rings. The molecule has 0 amide bonds. The van der Waals surface area contributed by atoms with Crippen LogP contribution in [0.2, 0.25) is 0 Å². The Labute approximate surface area is 499 Å². The average molecular weight is 1120 g/mol. The van der Waals surface area contributed by atoms with Crippen LogP contribution in [-0.4, -0.2) is 37.2 Å². The third-order valence-corrected chi connectivity index (χ3v) is 13.8. The molecule has 0 aliphatic carbocycles. The van der Waals surface area contributed by atoms with Gasteiger partial charge in [-0.3, -0.25) is 14.4 Å². The highest BCUT2D eigenvalue weighted by molar-refractivity contribution is 5.71. The molecule has 6 heteroatoms. The molecule has 0 fully saturated rings. The predicted molar refractivity (Wildman–Crippen MR) is 352 cm³/mol. The summed E-state index contributed by atoms with van der Waals surface area (Å²) >= 11 is 0. The molecule has 0 saturated heterocycles. The lowest BCUT2D eigenvalue weighted by molar-refractivity contribution is -0.167. The van der Waals surface area contributed by atoms with Crippen molar-refractivity contribution in [1.29, 1.82) is 0 Å². The van der Waals surface area contributed by atoms with E-state index in [4.69, 9.17) is 14.2 Å². The molecule has 0 aromatic heterocycles. The number of ether oxygens (including phenoxy) is 3. The summed E-state index contributed by atoms with van der Waals surface area (Å²) in [4.78, 5) is 38.4. The van der Waals surface area contributed by atoms with E-state index in [1.165, 1.54) is 103 Å². The zero-order chi connectivity index (χ0) is 58.5. The summed E-state index contributed by atoms with van der Waals surface area (Å²) in [6.07, 6.45) is 97.2. The Morgan fingerprint density at radius 1 is 0.259 bits per heavy atom. The molecule has 0 aliphatic rings. The first-order valence-corrected chi connectivity index (χ1v) is 33.3. The van der Waals surface area contributed by atoms with Gasteiger partial charge >= 0.3 is 17.9 Å². The van der Waals surface area contributed by atoms with E-state index >= 15 is 0 Å². The number of carbonyl (C=O) groups excluding carboxylic acids is 3. The zero-order valence-corrected chi connectivity index (χ0v) is 52.5. The number of allylic oxidation sites excluding steroid dienone is 24. The molecule has 0 saturated carbocycles. The van der Waals surface area contributed by atoms with Crippen molar-refractivity contribution >= 4 is 17.9 Å². The molecular weight excluding hydrogens is 997 g/mol. The zero-order valence-electron chi connectivity index (χ0n) is 52.5. The number of carbonyl (C=O) groups is 3. The van der Waals surface area contributed by atoms with Gasteiger partial charge in [0, 0.05) is 19.3 Å². The Balaban J connectivity index is 4.43. The molecule has 0 heterocycles. The quantitative estimate of drug-likeness (QED) is 0.0261. The van der Waals surface area contributed by atoms with Crippen molar-refractivity contribution in [1.82, 2.24) is 0 Å². The maximum absolute atomic E-state index is 12.9. The molecule has 6 nitrogen and oxygen atoms in total. The van der Waals surface area contributed by atoms with Crippen molar-refractivity contribution in [3.05, 3.63) is 146 Å². The van der Waals surface area contributed by atoms with Crippen LogP contribution in [0.3, 0.4) is 0 Å². The van der Waals surface area contributed by atoms with Gasteiger partial charge in [0.05, 0.1) is 0 Å². The van der Waals surface area contributed by atoms with Crippen molar-refractivity contribution in [3.8, 4) is 0 Å². The van der Waals surface area contributed by atoms with Gasteiger partial charge in [0.25, 0.3) is 0 Å². The molecule has 0 rings (SSSR count). The number of esters is 3. The fourth-order valence-corrected chi connectivity index (χ4v) is 8.88. The maximum Gasteiger partial charge on any atom is 0.306 e. The van der Waals surface area contributed by atoms with Gasteiger partial charge in [-0.05, 0) is 141 Å². The van der Waals surface area contributed by atoms with E-state index in [0.29, 0.717) is 19.3 Å². The Morgan fingerprint density at radius 3 is 0.778 bits per heavy atom. The minimum Gasteiger partial charge on any atom is -0.462 e. The summed E-state index contributed by atoms with van der Waals surface area (Å²) in [5.74, 6) is -0.969. The highest BCUT2D eigenvalue weighted by Gasteiger charge is 2.19. The number of hydrogen-bond donors (Lipinski definition) is 0. The van der Waals surface area contributed by atoms with Crippen LogP contribution >= 0.6 is 0 Å². The summed E-state index contributed by atoms with van der Waals surface area (Å²) in [5.41, 5.74) is 0. The lowest BCUT2D eigenvalue weighted by Gasteiger charge is -2.18. The largest absolute Gasteiger partial charge is 0.462 e. The highest BCUT2D eigenvalue weighted by atomic mass is 16.6. The van der Waals surface area contributed by atoms with Crippen LogP contribution in [-0.2, 0) is 28.6 Å². The third-order valence-electron chi connectivity index (χ3n) is 13.8. The summed E-state index contributed by atoms with van der Waals surface area (Å²) in [7, 11) is 0. The smallest absolute Gasteiger partial charge is 0.306 e. The van der Waals surface area contributed by atoms with Crippen LogP contribution in [0.1, 0.15) is 290 Å². The molecule has 0 spiro atoms. The molecule has 0 N–H and O–H groups in total. The molecule has 458 valence electrons. The number of rotatable bonds is 59. The SMILES string of the molecule is CC/C=C\C/C=C\C/C=C\C/C=C\C/C=C\C/C=C\CCCCC(=O)OC(COC(=O)CCCCCCC/C=C\C/C=C\C/C=C\CC)COC(=O)CCCCCCCCCCCCCC/C=C\C/C=C\C/C=C\CCCCCCC. The molecule has 1 unspecified atom stereocenters. The second-order valence-electron chi connectivity index (χ2n) is 21.6. The lowest BCUT2D eigenvalue weighted by atomic mass is 10.0. The summed E-state index contributed by atoms with van der Waals surface area (Å²) in [6, 6.07) is 0. The maximum atomic E-state index is 12.9. The van der Waals surface area contributed by atoms with Gasteiger partial charge in [0.15, 0.2) is 6.10 Å². The van der Waals surface area contributed by atoms with Crippen LogP contribution in [0, 0.1) is 0 Å². The third kappa shape index (κ3) is 66.0. The predicted octanol–water partition coefficient (Wildman–Crippen LogP) is 23.1. The molecule has 0 aliphatic heterocycles. The van der Waals surface area contributed by atoms with E-state index in [-0.39, 0.29) is 37.5 Å². The van der Waals surface area contributed by atoms with Crippen molar-refractivity contribution in [2.75, 3.05) is 13.2 Å². The minimum absolute atomic E-state index is 0.107. The van der Waals surface area contributed by atoms with Crippen molar-refractivity contribution in [2.24, 2.45) is 0 Å². The van der Waals surface area contributed by atoms with Crippen LogP contribution < -0.4 is 0 Å². The molecule has 0 aromatic carbocycles.